The largest absolute Gasteiger partial charge is 0.368 e. The van der Waals surface area contributed by atoms with Gasteiger partial charge in [-0.15, -0.1) is 0 Å². The van der Waals surface area contributed by atoms with Crippen molar-refractivity contribution >= 4 is 11.9 Å². The van der Waals surface area contributed by atoms with Gasteiger partial charge in [0.25, 0.3) is 0 Å². The Labute approximate surface area is 97.1 Å². The molecule has 1 aromatic rings. The molecule has 0 saturated heterocycles. The zero-order valence-corrected chi connectivity index (χ0v) is 10.4. The fraction of sp³-hybridized carbons (Fsp3) is 0.727. The van der Waals surface area contributed by atoms with Gasteiger partial charge < -0.3 is 10.6 Å². The van der Waals surface area contributed by atoms with Crippen molar-refractivity contribution in [1.29, 1.82) is 0 Å². The Balaban J connectivity index is 2.88. The second kappa shape index (κ2) is 6.25. The van der Waals surface area contributed by atoms with Gasteiger partial charge in [0.2, 0.25) is 11.9 Å². The standard InChI is InChI=1S/C11H21N5/c1-4-7-8-9-13-10(12)15-11(14-9)16(5-2)6-3/h4-8H2,1-3H3,(H2,12,13,14,15). The van der Waals surface area contributed by atoms with E-state index in [1.807, 2.05) is 0 Å². The summed E-state index contributed by atoms with van der Waals surface area (Å²) in [7, 11) is 0. The average molecular weight is 223 g/mol. The lowest BCUT2D eigenvalue weighted by atomic mass is 10.2. The third kappa shape index (κ3) is 3.32. The molecule has 0 saturated carbocycles. The van der Waals surface area contributed by atoms with E-state index in [-0.39, 0.29) is 0 Å². The molecule has 0 aliphatic heterocycles. The van der Waals surface area contributed by atoms with Crippen LogP contribution in [0.4, 0.5) is 11.9 Å². The van der Waals surface area contributed by atoms with Crippen molar-refractivity contribution in [2.45, 2.75) is 40.0 Å². The smallest absolute Gasteiger partial charge is 0.230 e. The molecule has 0 bridgehead atoms. The highest BCUT2D eigenvalue weighted by atomic mass is 15.3. The topological polar surface area (TPSA) is 67.9 Å². The van der Waals surface area contributed by atoms with E-state index in [9.17, 15) is 0 Å². The molecule has 0 radical (unpaired) electrons. The summed E-state index contributed by atoms with van der Waals surface area (Å²) in [6.45, 7) is 8.07. The van der Waals surface area contributed by atoms with Crippen LogP contribution in [0.2, 0.25) is 0 Å². The number of nitrogens with two attached hydrogens (primary N) is 1. The van der Waals surface area contributed by atoms with Crippen LogP contribution in [0, 0.1) is 0 Å². The molecule has 0 aliphatic rings. The van der Waals surface area contributed by atoms with E-state index < -0.39 is 0 Å². The summed E-state index contributed by atoms with van der Waals surface area (Å²) in [5, 5.41) is 0. The van der Waals surface area contributed by atoms with Crippen LogP contribution < -0.4 is 10.6 Å². The van der Waals surface area contributed by atoms with Crippen LogP contribution in [0.25, 0.3) is 0 Å². The summed E-state index contributed by atoms with van der Waals surface area (Å²) in [4.78, 5) is 14.8. The van der Waals surface area contributed by atoms with Crippen molar-refractivity contribution < 1.29 is 0 Å². The Morgan fingerprint density at radius 1 is 1.06 bits per heavy atom. The first-order chi connectivity index (χ1) is 7.71. The van der Waals surface area contributed by atoms with E-state index in [2.05, 4.69) is 40.6 Å². The van der Waals surface area contributed by atoms with Gasteiger partial charge in [-0.25, -0.2) is 0 Å². The van der Waals surface area contributed by atoms with E-state index in [0.29, 0.717) is 11.9 Å². The van der Waals surface area contributed by atoms with Gasteiger partial charge in [-0.1, -0.05) is 13.3 Å². The Kier molecular flexibility index (Phi) is 4.95. The number of nitrogen functional groups attached to an aromatic ring is 1. The molecule has 2 N–H and O–H groups in total. The molecule has 1 aromatic heterocycles. The first kappa shape index (κ1) is 12.7. The Morgan fingerprint density at radius 3 is 2.31 bits per heavy atom. The Hall–Kier alpha value is -1.39. The highest BCUT2D eigenvalue weighted by Gasteiger charge is 2.08. The lowest BCUT2D eigenvalue weighted by Gasteiger charge is -2.18. The molecule has 5 heteroatoms. The lowest BCUT2D eigenvalue weighted by Crippen LogP contribution is -2.25. The molecule has 5 nitrogen and oxygen atoms in total. The lowest BCUT2D eigenvalue weighted by molar-refractivity contribution is 0.732. The third-order valence-electron chi connectivity index (χ3n) is 2.49. The Bertz CT molecular complexity index is 322. The normalized spacial score (nSPS) is 10.4. The predicted octanol–water partition coefficient (Wildman–Crippen LogP) is 1.64. The van der Waals surface area contributed by atoms with E-state index in [1.54, 1.807) is 0 Å². The minimum Gasteiger partial charge on any atom is -0.368 e. The first-order valence-corrected chi connectivity index (χ1v) is 5.96. The SMILES string of the molecule is CCCCc1nc(N)nc(N(CC)CC)n1. The summed E-state index contributed by atoms with van der Waals surface area (Å²) in [5.74, 6) is 1.82. The van der Waals surface area contributed by atoms with Crippen LogP contribution in [0.3, 0.4) is 0 Å². The van der Waals surface area contributed by atoms with E-state index in [4.69, 9.17) is 5.73 Å². The van der Waals surface area contributed by atoms with Crippen molar-refractivity contribution in [3.8, 4) is 0 Å². The molecule has 16 heavy (non-hydrogen) atoms. The van der Waals surface area contributed by atoms with Crippen molar-refractivity contribution in [3.63, 3.8) is 0 Å². The maximum atomic E-state index is 5.69. The molecule has 90 valence electrons. The summed E-state index contributed by atoms with van der Waals surface area (Å²) >= 11 is 0. The number of hydrogen-bond donors (Lipinski definition) is 1. The van der Waals surface area contributed by atoms with Crippen LogP contribution in [0.15, 0.2) is 0 Å². The zero-order chi connectivity index (χ0) is 12.0. The number of nitrogens with zero attached hydrogens (tertiary/aromatic N) is 4. The number of aryl methyl sites for hydroxylation is 1. The molecular formula is C11H21N5. The summed E-state index contributed by atoms with van der Waals surface area (Å²) in [6, 6.07) is 0. The number of anilines is 2. The quantitative estimate of drug-likeness (QED) is 0.794. The molecule has 1 rings (SSSR count). The maximum Gasteiger partial charge on any atom is 0.230 e. The molecule has 1 heterocycles. The molecule has 0 amide bonds. The van der Waals surface area contributed by atoms with Gasteiger partial charge in [0.05, 0.1) is 0 Å². The third-order valence-corrected chi connectivity index (χ3v) is 2.49. The van der Waals surface area contributed by atoms with Crippen LogP contribution in [0.1, 0.15) is 39.4 Å². The fourth-order valence-corrected chi connectivity index (χ4v) is 1.52. The summed E-state index contributed by atoms with van der Waals surface area (Å²) < 4.78 is 0. The van der Waals surface area contributed by atoms with E-state index in [0.717, 1.165) is 38.2 Å². The van der Waals surface area contributed by atoms with E-state index in [1.165, 1.54) is 0 Å². The minimum atomic E-state index is 0.322. The highest BCUT2D eigenvalue weighted by molar-refractivity contribution is 5.34. The maximum absolute atomic E-state index is 5.69. The fourth-order valence-electron chi connectivity index (χ4n) is 1.52. The van der Waals surface area contributed by atoms with Gasteiger partial charge >= 0.3 is 0 Å². The Morgan fingerprint density at radius 2 is 1.75 bits per heavy atom. The van der Waals surface area contributed by atoms with Crippen molar-refractivity contribution in [2.24, 2.45) is 0 Å². The van der Waals surface area contributed by atoms with Gasteiger partial charge in [-0.3, -0.25) is 0 Å². The molecular weight excluding hydrogens is 202 g/mol. The molecule has 0 fully saturated rings. The second-order valence-corrected chi connectivity index (χ2v) is 3.69. The summed E-state index contributed by atoms with van der Waals surface area (Å²) in [6.07, 6.45) is 3.09. The first-order valence-electron chi connectivity index (χ1n) is 5.96. The predicted molar refractivity (Wildman–Crippen MR) is 66.4 cm³/mol. The molecule has 0 unspecified atom stereocenters. The monoisotopic (exact) mass is 223 g/mol. The average Bonchev–Trinajstić information content (AvgIpc) is 2.27. The number of hydrogen-bond acceptors (Lipinski definition) is 5. The van der Waals surface area contributed by atoms with Crippen LogP contribution in [-0.4, -0.2) is 28.0 Å². The second-order valence-electron chi connectivity index (χ2n) is 3.69. The van der Waals surface area contributed by atoms with Crippen molar-refractivity contribution in [3.05, 3.63) is 5.82 Å². The number of unbranched alkanes of at least 4 members (excludes halogenated alkanes) is 1. The van der Waals surface area contributed by atoms with E-state index >= 15 is 0 Å². The molecule has 0 aliphatic carbocycles. The van der Waals surface area contributed by atoms with Crippen molar-refractivity contribution in [2.75, 3.05) is 23.7 Å². The molecule has 0 atom stereocenters. The number of aromatic nitrogens is 3. The van der Waals surface area contributed by atoms with Gasteiger partial charge in [0, 0.05) is 19.5 Å². The van der Waals surface area contributed by atoms with Crippen LogP contribution in [0.5, 0.6) is 0 Å². The van der Waals surface area contributed by atoms with Crippen LogP contribution >= 0.6 is 0 Å². The van der Waals surface area contributed by atoms with Crippen LogP contribution in [-0.2, 0) is 6.42 Å². The van der Waals surface area contributed by atoms with Gasteiger partial charge in [-0.2, -0.15) is 15.0 Å². The number of rotatable bonds is 6. The van der Waals surface area contributed by atoms with Gasteiger partial charge in [0.1, 0.15) is 5.82 Å². The molecule has 0 aromatic carbocycles. The summed E-state index contributed by atoms with van der Waals surface area (Å²) in [5.41, 5.74) is 5.69. The minimum absolute atomic E-state index is 0.322. The van der Waals surface area contributed by atoms with Crippen molar-refractivity contribution in [1.82, 2.24) is 15.0 Å². The van der Waals surface area contributed by atoms with Gasteiger partial charge in [-0.05, 0) is 20.3 Å². The molecule has 0 spiro atoms. The highest BCUT2D eigenvalue weighted by Crippen LogP contribution is 2.10. The zero-order valence-electron chi connectivity index (χ0n) is 10.4. The van der Waals surface area contributed by atoms with Gasteiger partial charge in [0.15, 0.2) is 0 Å².